The molecule has 0 radical (unpaired) electrons. The van der Waals surface area contributed by atoms with E-state index < -0.39 is 40.5 Å². The molecular weight excluding hydrogens is 545 g/mol. The number of nitrogens with two attached hydrogens (primary N) is 1. The number of urea groups is 1. The topological polar surface area (TPSA) is 146 Å². The molecule has 6 N–H and O–H groups in total. The van der Waals surface area contributed by atoms with Gasteiger partial charge in [0.05, 0.1) is 15.5 Å². The molecular formula is C25H44N6O4S3. The van der Waals surface area contributed by atoms with Gasteiger partial charge in [0, 0.05) is 42.5 Å². The van der Waals surface area contributed by atoms with Gasteiger partial charge in [-0.05, 0) is 39.0 Å². The number of likely N-dealkylation sites (tertiary alicyclic amines) is 1. The molecule has 216 valence electrons. The highest BCUT2D eigenvalue weighted by Crippen LogP contribution is 2.52. The van der Waals surface area contributed by atoms with Crippen LogP contribution in [0.5, 0.6) is 0 Å². The quantitative estimate of drug-likeness (QED) is 0.195. The first-order valence-electron chi connectivity index (χ1n) is 13.2. The molecule has 5 amide bonds. The third kappa shape index (κ3) is 7.88. The van der Waals surface area contributed by atoms with E-state index in [4.69, 9.17) is 5.73 Å². The third-order valence-corrected chi connectivity index (χ3v) is 10.8. The number of hydrogen-bond acceptors (Lipinski definition) is 8. The molecule has 0 aromatic heterocycles. The Morgan fingerprint density at radius 1 is 1.16 bits per heavy atom. The Morgan fingerprint density at radius 3 is 2.29 bits per heavy atom. The van der Waals surface area contributed by atoms with Crippen molar-refractivity contribution in [2.24, 2.45) is 17.1 Å². The summed E-state index contributed by atoms with van der Waals surface area (Å²) in [6, 6.07) is -2.51. The zero-order valence-electron chi connectivity index (χ0n) is 23.3. The first-order chi connectivity index (χ1) is 17.5. The molecule has 1 spiro atoms. The number of carbonyl (C=O) groups excluding carboxylic acids is 4. The van der Waals surface area contributed by atoms with Crippen LogP contribution in [0, 0.1) is 11.3 Å². The average Bonchev–Trinajstić information content (AvgIpc) is 3.50. The second-order valence-corrected chi connectivity index (χ2v) is 16.4. The number of thioether (sulfide) groups is 2. The molecule has 13 heteroatoms. The molecule has 0 aliphatic carbocycles. The van der Waals surface area contributed by atoms with Gasteiger partial charge in [-0.2, -0.15) is 12.6 Å². The Morgan fingerprint density at radius 2 is 1.79 bits per heavy atom. The van der Waals surface area contributed by atoms with Crippen LogP contribution in [0.15, 0.2) is 0 Å². The van der Waals surface area contributed by atoms with Crippen LogP contribution in [0.4, 0.5) is 4.79 Å². The number of nitrogens with zero attached hydrogens (tertiary/aromatic N) is 1. The minimum Gasteiger partial charge on any atom is -0.356 e. The predicted molar refractivity (Wildman–Crippen MR) is 157 cm³/mol. The minimum atomic E-state index is -0.836. The van der Waals surface area contributed by atoms with E-state index >= 15 is 0 Å². The summed E-state index contributed by atoms with van der Waals surface area (Å²) in [5.74, 6) is 1.05. The van der Waals surface area contributed by atoms with Crippen molar-refractivity contribution in [3.05, 3.63) is 0 Å². The third-order valence-electron chi connectivity index (χ3n) is 7.01. The summed E-state index contributed by atoms with van der Waals surface area (Å²) in [6.07, 6.45) is 1.58. The summed E-state index contributed by atoms with van der Waals surface area (Å²) in [5, 5.41) is 10.9. The minimum absolute atomic E-state index is 0.0405. The first-order valence-corrected chi connectivity index (χ1v) is 15.7. The average molecular weight is 589 g/mol. The highest BCUT2D eigenvalue weighted by molar-refractivity contribution is 8.21. The summed E-state index contributed by atoms with van der Waals surface area (Å²) < 4.78 is -0.266. The Kier molecular flexibility index (Phi) is 9.90. The largest absolute Gasteiger partial charge is 0.356 e. The molecule has 3 fully saturated rings. The van der Waals surface area contributed by atoms with Crippen molar-refractivity contribution in [3.8, 4) is 0 Å². The zero-order valence-corrected chi connectivity index (χ0v) is 25.8. The molecule has 3 aliphatic rings. The second-order valence-electron chi connectivity index (χ2n) is 12.6. The lowest BCUT2D eigenvalue weighted by Gasteiger charge is -2.36. The van der Waals surface area contributed by atoms with Crippen molar-refractivity contribution in [1.82, 2.24) is 26.2 Å². The summed E-state index contributed by atoms with van der Waals surface area (Å²) in [5.41, 5.74) is 5.04. The maximum atomic E-state index is 14.1. The SMILES string of the molecule is CC(C)(C)NC(=O)N[C@H](C(=O)N1CC2(C[C@H]1C(=O)N[C@@H](C[C@@H]1CCNC1=O)[C@@H](N)S)SCCS2)C(C)(C)C. The van der Waals surface area contributed by atoms with E-state index in [1.807, 2.05) is 41.5 Å². The summed E-state index contributed by atoms with van der Waals surface area (Å²) in [4.78, 5) is 54.4. The van der Waals surface area contributed by atoms with Gasteiger partial charge < -0.3 is 31.9 Å². The Balaban J connectivity index is 1.82. The number of nitrogens with one attached hydrogen (secondary N) is 4. The van der Waals surface area contributed by atoms with E-state index in [0.29, 0.717) is 32.4 Å². The highest BCUT2D eigenvalue weighted by Gasteiger charge is 2.53. The zero-order chi connectivity index (χ0) is 28.5. The molecule has 3 aliphatic heterocycles. The second kappa shape index (κ2) is 12.1. The first kappa shape index (κ1) is 31.2. The van der Waals surface area contributed by atoms with E-state index in [1.165, 1.54) is 0 Å². The van der Waals surface area contributed by atoms with Gasteiger partial charge in [-0.25, -0.2) is 4.79 Å². The fourth-order valence-corrected chi connectivity index (χ4v) is 8.52. The van der Waals surface area contributed by atoms with E-state index in [1.54, 1.807) is 28.4 Å². The van der Waals surface area contributed by atoms with E-state index in [-0.39, 0.29) is 27.7 Å². The molecule has 0 aromatic rings. The van der Waals surface area contributed by atoms with Crippen LogP contribution in [-0.2, 0) is 14.4 Å². The van der Waals surface area contributed by atoms with Gasteiger partial charge in [0.1, 0.15) is 12.1 Å². The molecule has 3 heterocycles. The van der Waals surface area contributed by atoms with E-state index in [9.17, 15) is 19.2 Å². The highest BCUT2D eigenvalue weighted by atomic mass is 32.2. The molecule has 38 heavy (non-hydrogen) atoms. The van der Waals surface area contributed by atoms with E-state index in [0.717, 1.165) is 11.5 Å². The fourth-order valence-electron chi connectivity index (χ4n) is 5.07. The number of rotatable bonds is 7. The Bertz CT molecular complexity index is 914. The molecule has 10 nitrogen and oxygen atoms in total. The maximum absolute atomic E-state index is 14.1. The normalized spacial score (nSPS) is 25.6. The lowest BCUT2D eigenvalue weighted by Crippen LogP contribution is -2.61. The van der Waals surface area contributed by atoms with Crippen molar-refractivity contribution in [2.75, 3.05) is 24.6 Å². The van der Waals surface area contributed by atoms with Crippen LogP contribution >= 0.6 is 36.2 Å². The lowest BCUT2D eigenvalue weighted by atomic mass is 9.85. The van der Waals surface area contributed by atoms with Crippen molar-refractivity contribution >= 4 is 59.9 Å². The maximum Gasteiger partial charge on any atom is 0.315 e. The summed E-state index contributed by atoms with van der Waals surface area (Å²) >= 11 is 7.95. The predicted octanol–water partition coefficient (Wildman–Crippen LogP) is 1.50. The van der Waals surface area contributed by atoms with Gasteiger partial charge >= 0.3 is 6.03 Å². The standard InChI is InChI=1S/C25H44N6O4S3/c1-23(2,3)17(29-22(35)30-24(4,5)6)21(34)31-13-25(37-9-10-38-25)12-16(31)20(33)28-15(18(26)36)11-14-7-8-27-19(14)32/h14-18,36H,7-13,26H2,1-6H3,(H,27,32)(H,28,33)(H2,29,30,35)/t14-,15-,16-,17+,18-/m0/s1. The van der Waals surface area contributed by atoms with Crippen LogP contribution < -0.4 is 27.0 Å². The number of amides is 5. The van der Waals surface area contributed by atoms with Gasteiger partial charge in [0.25, 0.3) is 0 Å². The van der Waals surface area contributed by atoms with Crippen molar-refractivity contribution in [1.29, 1.82) is 0 Å². The number of carbonyl (C=O) groups is 4. The summed E-state index contributed by atoms with van der Waals surface area (Å²) in [7, 11) is 0. The van der Waals surface area contributed by atoms with Gasteiger partial charge in [-0.15, -0.1) is 23.5 Å². The van der Waals surface area contributed by atoms with Crippen LogP contribution in [-0.4, -0.2) is 86.4 Å². The number of hydrogen-bond donors (Lipinski definition) is 6. The molecule has 0 saturated carbocycles. The molecule has 0 bridgehead atoms. The van der Waals surface area contributed by atoms with E-state index in [2.05, 4.69) is 33.9 Å². The van der Waals surface area contributed by atoms with Crippen molar-refractivity contribution in [2.45, 2.75) is 93.9 Å². The molecule has 0 unspecified atom stereocenters. The van der Waals surface area contributed by atoms with Crippen LogP contribution in [0.3, 0.4) is 0 Å². The summed E-state index contributed by atoms with van der Waals surface area (Å²) in [6.45, 7) is 12.3. The number of thiol groups is 1. The molecule has 5 atom stereocenters. The monoisotopic (exact) mass is 588 g/mol. The van der Waals surface area contributed by atoms with Gasteiger partial charge in [-0.1, -0.05) is 20.8 Å². The molecule has 0 aromatic carbocycles. The Hall–Kier alpha value is -1.31. The van der Waals surface area contributed by atoms with Crippen LogP contribution in [0.2, 0.25) is 0 Å². The molecule has 3 saturated heterocycles. The fraction of sp³-hybridized carbons (Fsp3) is 0.840. The lowest BCUT2D eigenvalue weighted by molar-refractivity contribution is -0.142. The van der Waals surface area contributed by atoms with Crippen molar-refractivity contribution in [3.63, 3.8) is 0 Å². The van der Waals surface area contributed by atoms with Crippen LogP contribution in [0.1, 0.15) is 60.8 Å². The van der Waals surface area contributed by atoms with Crippen LogP contribution in [0.25, 0.3) is 0 Å². The van der Waals surface area contributed by atoms with Gasteiger partial charge in [-0.3, -0.25) is 14.4 Å². The molecule has 3 rings (SSSR count). The Labute approximate surface area is 240 Å². The van der Waals surface area contributed by atoms with Gasteiger partial charge in [0.2, 0.25) is 17.7 Å². The van der Waals surface area contributed by atoms with Crippen molar-refractivity contribution < 1.29 is 19.2 Å². The van der Waals surface area contributed by atoms with Gasteiger partial charge in [0.15, 0.2) is 0 Å². The smallest absolute Gasteiger partial charge is 0.315 e.